The van der Waals surface area contributed by atoms with Gasteiger partial charge in [0.15, 0.2) is 0 Å². The standard InChI is InChI=1S/C20H21ClN2O3/c21-17-8-6-16(7-9-17)19(24)22-18(14-4-2-1-3-5-14)15-10-12-23(13-11-15)20(25)26/h1-9,15,18H,10-13H2,(H,22,24)(H,25,26). The van der Waals surface area contributed by atoms with E-state index >= 15 is 0 Å². The van der Waals surface area contributed by atoms with Crippen LogP contribution in [-0.2, 0) is 0 Å². The van der Waals surface area contributed by atoms with Gasteiger partial charge in [0.05, 0.1) is 6.04 Å². The molecule has 26 heavy (non-hydrogen) atoms. The summed E-state index contributed by atoms with van der Waals surface area (Å²) in [5.41, 5.74) is 1.59. The number of carbonyl (C=O) groups is 2. The first-order valence-corrected chi connectivity index (χ1v) is 9.01. The Morgan fingerprint density at radius 3 is 2.23 bits per heavy atom. The summed E-state index contributed by atoms with van der Waals surface area (Å²) in [5, 5.41) is 12.9. The number of carboxylic acid groups (broad SMARTS) is 1. The molecule has 1 aliphatic rings. The summed E-state index contributed by atoms with van der Waals surface area (Å²) in [5.74, 6) is 0.0282. The average Bonchev–Trinajstić information content (AvgIpc) is 2.67. The van der Waals surface area contributed by atoms with Gasteiger partial charge in [-0.3, -0.25) is 4.79 Å². The van der Waals surface area contributed by atoms with Gasteiger partial charge in [-0.1, -0.05) is 41.9 Å². The summed E-state index contributed by atoms with van der Waals surface area (Å²) >= 11 is 5.89. The summed E-state index contributed by atoms with van der Waals surface area (Å²) in [6.45, 7) is 0.973. The number of benzene rings is 2. The third-order valence-electron chi connectivity index (χ3n) is 4.83. The first-order valence-electron chi connectivity index (χ1n) is 8.64. The zero-order chi connectivity index (χ0) is 18.5. The number of likely N-dealkylation sites (tertiary alicyclic amines) is 1. The summed E-state index contributed by atoms with van der Waals surface area (Å²) < 4.78 is 0. The lowest BCUT2D eigenvalue weighted by Crippen LogP contribution is -2.42. The van der Waals surface area contributed by atoms with Gasteiger partial charge in [-0.05, 0) is 48.6 Å². The molecule has 1 saturated heterocycles. The highest BCUT2D eigenvalue weighted by molar-refractivity contribution is 6.30. The lowest BCUT2D eigenvalue weighted by atomic mass is 9.85. The van der Waals surface area contributed by atoms with Gasteiger partial charge < -0.3 is 15.3 Å². The fourth-order valence-electron chi connectivity index (χ4n) is 3.38. The van der Waals surface area contributed by atoms with E-state index < -0.39 is 6.09 Å². The zero-order valence-corrected chi connectivity index (χ0v) is 15.0. The predicted molar refractivity (Wildman–Crippen MR) is 100 cm³/mol. The molecule has 1 aliphatic heterocycles. The van der Waals surface area contributed by atoms with Crippen LogP contribution in [0.5, 0.6) is 0 Å². The van der Waals surface area contributed by atoms with Gasteiger partial charge in [-0.2, -0.15) is 0 Å². The molecule has 2 N–H and O–H groups in total. The van der Waals surface area contributed by atoms with Gasteiger partial charge in [0, 0.05) is 23.7 Å². The van der Waals surface area contributed by atoms with Crippen molar-refractivity contribution in [1.82, 2.24) is 10.2 Å². The number of hydrogen-bond donors (Lipinski definition) is 2. The number of nitrogens with one attached hydrogen (secondary N) is 1. The molecule has 3 rings (SSSR count). The molecule has 5 nitrogen and oxygen atoms in total. The number of carbonyl (C=O) groups excluding carboxylic acids is 1. The molecule has 6 heteroatoms. The van der Waals surface area contributed by atoms with Gasteiger partial charge >= 0.3 is 6.09 Å². The number of nitrogens with zero attached hydrogens (tertiary/aromatic N) is 1. The molecule has 0 aromatic heterocycles. The van der Waals surface area contributed by atoms with Gasteiger partial charge in [-0.15, -0.1) is 0 Å². The lowest BCUT2D eigenvalue weighted by Gasteiger charge is -2.35. The molecule has 1 atom stereocenters. The van der Waals surface area contributed by atoms with E-state index in [0.717, 1.165) is 5.56 Å². The molecule has 1 heterocycles. The molecular formula is C20H21ClN2O3. The van der Waals surface area contributed by atoms with Crippen molar-refractivity contribution in [3.63, 3.8) is 0 Å². The molecule has 0 radical (unpaired) electrons. The number of piperidine rings is 1. The summed E-state index contributed by atoms with van der Waals surface area (Å²) in [6.07, 6.45) is 0.546. The van der Waals surface area contributed by atoms with Crippen molar-refractivity contribution >= 4 is 23.6 Å². The monoisotopic (exact) mass is 372 g/mol. The molecule has 0 bridgehead atoms. The van der Waals surface area contributed by atoms with Crippen LogP contribution in [0.1, 0.15) is 34.8 Å². The van der Waals surface area contributed by atoms with Crippen LogP contribution in [0.15, 0.2) is 54.6 Å². The predicted octanol–water partition coefficient (Wildman–Crippen LogP) is 4.20. The second-order valence-electron chi connectivity index (χ2n) is 6.48. The Hall–Kier alpha value is -2.53. The Bertz CT molecular complexity index is 756. The Kier molecular flexibility index (Phi) is 5.78. The number of halogens is 1. The first kappa shape index (κ1) is 18.3. The molecule has 1 fully saturated rings. The van der Waals surface area contributed by atoms with Gasteiger partial charge in [0.2, 0.25) is 0 Å². The Balaban J connectivity index is 1.77. The van der Waals surface area contributed by atoms with Gasteiger partial charge in [0.25, 0.3) is 5.91 Å². The minimum absolute atomic E-state index is 0.156. The van der Waals surface area contributed by atoms with E-state index in [1.54, 1.807) is 24.3 Å². The highest BCUT2D eigenvalue weighted by Crippen LogP contribution is 2.31. The number of amides is 2. The minimum Gasteiger partial charge on any atom is -0.465 e. The molecule has 2 aromatic rings. The lowest BCUT2D eigenvalue weighted by molar-refractivity contribution is 0.0879. The fraction of sp³-hybridized carbons (Fsp3) is 0.300. The second kappa shape index (κ2) is 8.23. The molecule has 0 spiro atoms. The molecule has 136 valence electrons. The Morgan fingerprint density at radius 2 is 1.65 bits per heavy atom. The van der Waals surface area contributed by atoms with E-state index in [1.165, 1.54) is 4.90 Å². The zero-order valence-electron chi connectivity index (χ0n) is 14.3. The van der Waals surface area contributed by atoms with E-state index in [-0.39, 0.29) is 17.9 Å². The Labute approximate surface area is 157 Å². The van der Waals surface area contributed by atoms with E-state index in [9.17, 15) is 9.59 Å². The van der Waals surface area contributed by atoms with Crippen LogP contribution >= 0.6 is 11.6 Å². The number of hydrogen-bond acceptors (Lipinski definition) is 2. The topological polar surface area (TPSA) is 69.6 Å². The highest BCUT2D eigenvalue weighted by Gasteiger charge is 2.30. The normalized spacial score (nSPS) is 16.1. The second-order valence-corrected chi connectivity index (χ2v) is 6.91. The highest BCUT2D eigenvalue weighted by atomic mass is 35.5. The molecule has 2 aromatic carbocycles. The average molecular weight is 373 g/mol. The third kappa shape index (κ3) is 4.35. The molecular weight excluding hydrogens is 352 g/mol. The SMILES string of the molecule is O=C(NC(c1ccccc1)C1CCN(C(=O)O)CC1)c1ccc(Cl)cc1. The molecule has 2 amide bonds. The van der Waals surface area contributed by atoms with Gasteiger partial charge in [-0.25, -0.2) is 4.79 Å². The van der Waals surface area contributed by atoms with Gasteiger partial charge in [0.1, 0.15) is 0 Å². The third-order valence-corrected chi connectivity index (χ3v) is 5.09. The van der Waals surface area contributed by atoms with E-state index in [1.807, 2.05) is 30.3 Å². The maximum Gasteiger partial charge on any atom is 0.407 e. The van der Waals surface area contributed by atoms with E-state index in [2.05, 4.69) is 5.32 Å². The van der Waals surface area contributed by atoms with Crippen LogP contribution in [0.4, 0.5) is 4.79 Å². The fourth-order valence-corrected chi connectivity index (χ4v) is 3.51. The van der Waals surface area contributed by atoms with Crippen molar-refractivity contribution in [2.24, 2.45) is 5.92 Å². The maximum atomic E-state index is 12.7. The van der Waals surface area contributed by atoms with Crippen molar-refractivity contribution in [3.05, 3.63) is 70.7 Å². The van der Waals surface area contributed by atoms with Crippen molar-refractivity contribution < 1.29 is 14.7 Å². The van der Waals surface area contributed by atoms with Crippen molar-refractivity contribution in [2.45, 2.75) is 18.9 Å². The van der Waals surface area contributed by atoms with Crippen LogP contribution in [0.2, 0.25) is 5.02 Å². The Morgan fingerprint density at radius 1 is 1.04 bits per heavy atom. The maximum absolute atomic E-state index is 12.7. The van der Waals surface area contributed by atoms with Crippen LogP contribution in [0, 0.1) is 5.92 Å². The summed E-state index contributed by atoms with van der Waals surface area (Å²) in [7, 11) is 0. The van der Waals surface area contributed by atoms with Crippen LogP contribution in [-0.4, -0.2) is 35.1 Å². The van der Waals surface area contributed by atoms with E-state index in [4.69, 9.17) is 16.7 Å². The van der Waals surface area contributed by atoms with Crippen LogP contribution < -0.4 is 5.32 Å². The van der Waals surface area contributed by atoms with Crippen molar-refractivity contribution in [3.8, 4) is 0 Å². The summed E-state index contributed by atoms with van der Waals surface area (Å²) in [4.78, 5) is 25.3. The quantitative estimate of drug-likeness (QED) is 0.844. The van der Waals surface area contributed by atoms with E-state index in [0.29, 0.717) is 36.5 Å². The smallest absolute Gasteiger partial charge is 0.407 e. The summed E-state index contributed by atoms with van der Waals surface area (Å²) in [6, 6.07) is 16.5. The van der Waals surface area contributed by atoms with Crippen molar-refractivity contribution in [2.75, 3.05) is 13.1 Å². The molecule has 0 saturated carbocycles. The van der Waals surface area contributed by atoms with Crippen LogP contribution in [0.25, 0.3) is 0 Å². The van der Waals surface area contributed by atoms with Crippen molar-refractivity contribution in [1.29, 1.82) is 0 Å². The largest absolute Gasteiger partial charge is 0.465 e. The minimum atomic E-state index is -0.884. The first-order chi connectivity index (χ1) is 12.5. The van der Waals surface area contributed by atoms with Crippen LogP contribution in [0.3, 0.4) is 0 Å². The molecule has 1 unspecified atom stereocenters. The molecule has 0 aliphatic carbocycles. The number of rotatable bonds is 4.